The Balaban J connectivity index is 1.29. The van der Waals surface area contributed by atoms with Crippen molar-refractivity contribution < 1.29 is 18.7 Å². The molecule has 184 valence electrons. The molecule has 4 aromatic rings. The van der Waals surface area contributed by atoms with E-state index in [1.54, 1.807) is 48.5 Å². The van der Waals surface area contributed by atoms with Gasteiger partial charge in [0, 0.05) is 25.1 Å². The molecule has 0 spiro atoms. The number of para-hydroxylation sites is 1. The number of amides is 1. The van der Waals surface area contributed by atoms with Crippen molar-refractivity contribution >= 4 is 16.8 Å². The lowest BCUT2D eigenvalue weighted by Gasteiger charge is -2.14. The maximum atomic E-state index is 14.3. The largest absolute Gasteiger partial charge is 0.454 e. The van der Waals surface area contributed by atoms with Gasteiger partial charge in [-0.15, -0.1) is 0 Å². The average molecular weight is 490 g/mol. The van der Waals surface area contributed by atoms with Crippen LogP contribution in [0.2, 0.25) is 0 Å². The average Bonchev–Trinajstić information content (AvgIpc) is 3.36. The summed E-state index contributed by atoms with van der Waals surface area (Å²) in [6.07, 6.45) is 0.427. The van der Waals surface area contributed by atoms with Gasteiger partial charge in [0.15, 0.2) is 11.5 Å². The van der Waals surface area contributed by atoms with Gasteiger partial charge in [0.05, 0.1) is 17.4 Å². The van der Waals surface area contributed by atoms with Crippen molar-refractivity contribution in [3.63, 3.8) is 0 Å². The van der Waals surface area contributed by atoms with E-state index in [0.29, 0.717) is 40.9 Å². The summed E-state index contributed by atoms with van der Waals surface area (Å²) in [5, 5.41) is 3.20. The van der Waals surface area contributed by atoms with E-state index >= 15 is 0 Å². The molecule has 1 aromatic heterocycles. The molecule has 1 amide bonds. The third-order valence-electron chi connectivity index (χ3n) is 6.13. The number of fused-ring (bicyclic) bond motifs is 2. The van der Waals surface area contributed by atoms with E-state index in [-0.39, 0.29) is 32.2 Å². The molecule has 8 nitrogen and oxygen atoms in total. The Morgan fingerprint density at radius 2 is 1.72 bits per heavy atom. The maximum Gasteiger partial charge on any atom is 0.331 e. The standard InChI is InChI=1S/C27H24FN3O5/c28-21-8-3-1-6-19(21)16-31-22-9-4-2-7-20(22)26(33)30(27(31)34)13-5-10-25(32)29-15-18-11-12-23-24(14-18)36-17-35-23/h1-4,6-9,11-12,14H,5,10,13,15-17H2,(H,29,32). The molecular weight excluding hydrogens is 465 g/mol. The van der Waals surface area contributed by atoms with E-state index in [0.717, 1.165) is 10.1 Å². The molecule has 0 saturated carbocycles. The van der Waals surface area contributed by atoms with Gasteiger partial charge in [-0.3, -0.25) is 18.7 Å². The molecule has 1 N–H and O–H groups in total. The molecule has 1 aliphatic heterocycles. The first-order valence-electron chi connectivity index (χ1n) is 11.6. The van der Waals surface area contributed by atoms with Gasteiger partial charge in [-0.25, -0.2) is 9.18 Å². The summed E-state index contributed by atoms with van der Waals surface area (Å²) >= 11 is 0. The van der Waals surface area contributed by atoms with Gasteiger partial charge in [-0.05, 0) is 42.3 Å². The third-order valence-corrected chi connectivity index (χ3v) is 6.13. The van der Waals surface area contributed by atoms with Gasteiger partial charge < -0.3 is 14.8 Å². The van der Waals surface area contributed by atoms with Crippen molar-refractivity contribution in [3.8, 4) is 11.5 Å². The lowest BCUT2D eigenvalue weighted by Crippen LogP contribution is -2.40. The number of carbonyl (C=O) groups is 1. The van der Waals surface area contributed by atoms with Crippen LogP contribution in [-0.2, 0) is 24.4 Å². The van der Waals surface area contributed by atoms with Crippen molar-refractivity contribution in [1.82, 2.24) is 14.5 Å². The number of benzene rings is 3. The van der Waals surface area contributed by atoms with Crippen molar-refractivity contribution in [3.05, 3.63) is 105 Å². The quantitative estimate of drug-likeness (QED) is 0.411. The van der Waals surface area contributed by atoms with Crippen LogP contribution >= 0.6 is 0 Å². The first kappa shape index (κ1) is 23.3. The number of rotatable bonds is 8. The molecule has 36 heavy (non-hydrogen) atoms. The fourth-order valence-corrected chi connectivity index (χ4v) is 4.26. The summed E-state index contributed by atoms with van der Waals surface area (Å²) in [6, 6.07) is 18.4. The fraction of sp³-hybridized carbons (Fsp3) is 0.222. The molecule has 1 aliphatic rings. The molecule has 0 atom stereocenters. The molecule has 0 radical (unpaired) electrons. The summed E-state index contributed by atoms with van der Waals surface area (Å²) in [4.78, 5) is 38.7. The van der Waals surface area contributed by atoms with Crippen molar-refractivity contribution in [2.45, 2.75) is 32.5 Å². The summed E-state index contributed by atoms with van der Waals surface area (Å²) < 4.78 is 27.4. The molecular formula is C27H24FN3O5. The second-order valence-corrected chi connectivity index (χ2v) is 8.50. The van der Waals surface area contributed by atoms with E-state index < -0.39 is 17.1 Å². The third kappa shape index (κ3) is 4.72. The number of hydrogen-bond donors (Lipinski definition) is 1. The Labute approximate surface area is 205 Å². The summed E-state index contributed by atoms with van der Waals surface area (Å²) in [6.45, 7) is 0.557. The minimum Gasteiger partial charge on any atom is -0.454 e. The van der Waals surface area contributed by atoms with Crippen molar-refractivity contribution in [2.75, 3.05) is 6.79 Å². The van der Waals surface area contributed by atoms with Crippen LogP contribution in [0.25, 0.3) is 10.9 Å². The zero-order valence-corrected chi connectivity index (χ0v) is 19.4. The zero-order valence-electron chi connectivity index (χ0n) is 19.4. The minimum absolute atomic E-state index is 0.0116. The molecule has 5 rings (SSSR count). The number of hydrogen-bond acceptors (Lipinski definition) is 5. The first-order valence-corrected chi connectivity index (χ1v) is 11.6. The molecule has 0 aliphatic carbocycles. The normalized spacial score (nSPS) is 12.1. The van der Waals surface area contributed by atoms with Gasteiger partial charge in [-0.1, -0.05) is 36.4 Å². The number of nitrogens with one attached hydrogen (secondary N) is 1. The SMILES string of the molecule is O=C(CCCn1c(=O)c2ccccc2n(Cc2ccccc2F)c1=O)NCc1ccc2c(c1)OCO2. The molecule has 0 bridgehead atoms. The minimum atomic E-state index is -0.539. The first-order chi connectivity index (χ1) is 17.5. The number of nitrogens with zero attached hydrogens (tertiary/aromatic N) is 2. The molecule has 0 saturated heterocycles. The maximum absolute atomic E-state index is 14.3. The fourth-order valence-electron chi connectivity index (χ4n) is 4.26. The van der Waals surface area contributed by atoms with Crippen LogP contribution in [0.4, 0.5) is 4.39 Å². The van der Waals surface area contributed by atoms with Crippen LogP contribution in [0.15, 0.2) is 76.3 Å². The van der Waals surface area contributed by atoms with E-state index in [9.17, 15) is 18.8 Å². The smallest absolute Gasteiger partial charge is 0.331 e. The molecule has 2 heterocycles. The van der Waals surface area contributed by atoms with Gasteiger partial charge >= 0.3 is 5.69 Å². The molecule has 0 fully saturated rings. The van der Waals surface area contributed by atoms with E-state index in [2.05, 4.69) is 5.32 Å². The predicted molar refractivity (Wildman–Crippen MR) is 132 cm³/mol. The Morgan fingerprint density at radius 1 is 0.944 bits per heavy atom. The van der Waals surface area contributed by atoms with Gasteiger partial charge in [0.1, 0.15) is 5.82 Å². The monoisotopic (exact) mass is 489 g/mol. The Hall–Kier alpha value is -4.40. The zero-order chi connectivity index (χ0) is 25.1. The lowest BCUT2D eigenvalue weighted by atomic mass is 10.2. The van der Waals surface area contributed by atoms with Crippen LogP contribution in [0.3, 0.4) is 0 Å². The van der Waals surface area contributed by atoms with Crippen LogP contribution in [0, 0.1) is 5.82 Å². The van der Waals surface area contributed by atoms with Crippen LogP contribution in [0.1, 0.15) is 24.0 Å². The highest BCUT2D eigenvalue weighted by molar-refractivity contribution is 5.78. The van der Waals surface area contributed by atoms with E-state index in [1.807, 2.05) is 12.1 Å². The van der Waals surface area contributed by atoms with E-state index in [1.165, 1.54) is 10.6 Å². The van der Waals surface area contributed by atoms with Gasteiger partial charge in [0.25, 0.3) is 5.56 Å². The number of ether oxygens (including phenoxy) is 2. The second kappa shape index (κ2) is 10.1. The molecule has 0 unspecified atom stereocenters. The highest BCUT2D eigenvalue weighted by Gasteiger charge is 2.16. The second-order valence-electron chi connectivity index (χ2n) is 8.50. The van der Waals surface area contributed by atoms with Crippen molar-refractivity contribution in [1.29, 1.82) is 0 Å². The topological polar surface area (TPSA) is 91.6 Å². The Kier molecular flexibility index (Phi) is 6.53. The molecule has 9 heteroatoms. The molecule has 3 aromatic carbocycles. The number of aromatic nitrogens is 2. The van der Waals surface area contributed by atoms with Crippen LogP contribution < -0.4 is 26.0 Å². The number of halogens is 1. The predicted octanol–water partition coefficient (Wildman–Crippen LogP) is 3.18. The van der Waals surface area contributed by atoms with Gasteiger partial charge in [0.2, 0.25) is 12.7 Å². The van der Waals surface area contributed by atoms with E-state index in [4.69, 9.17) is 9.47 Å². The Morgan fingerprint density at radius 3 is 2.58 bits per heavy atom. The van der Waals surface area contributed by atoms with Gasteiger partial charge in [-0.2, -0.15) is 0 Å². The highest BCUT2D eigenvalue weighted by Crippen LogP contribution is 2.32. The summed E-state index contributed by atoms with van der Waals surface area (Å²) in [5.74, 6) is 0.689. The Bertz CT molecular complexity index is 1560. The number of carbonyl (C=O) groups excluding carboxylic acids is 1. The lowest BCUT2D eigenvalue weighted by molar-refractivity contribution is -0.121. The highest BCUT2D eigenvalue weighted by atomic mass is 19.1. The van der Waals surface area contributed by atoms with Crippen LogP contribution in [0.5, 0.6) is 11.5 Å². The summed E-state index contributed by atoms with van der Waals surface area (Å²) in [5.41, 5.74) is 0.685. The van der Waals surface area contributed by atoms with Crippen molar-refractivity contribution in [2.24, 2.45) is 0 Å². The summed E-state index contributed by atoms with van der Waals surface area (Å²) in [7, 11) is 0. The van der Waals surface area contributed by atoms with Crippen LogP contribution in [-0.4, -0.2) is 21.8 Å².